The number of esters is 1. The summed E-state index contributed by atoms with van der Waals surface area (Å²) in [5, 5.41) is 2.21. The van der Waals surface area contributed by atoms with Crippen LogP contribution in [0.3, 0.4) is 0 Å². The predicted octanol–water partition coefficient (Wildman–Crippen LogP) is 1.17. The third-order valence-corrected chi connectivity index (χ3v) is 4.47. The van der Waals surface area contributed by atoms with Crippen LogP contribution in [0.2, 0.25) is 0 Å². The van der Waals surface area contributed by atoms with Crippen LogP contribution in [0.1, 0.15) is 5.69 Å². The van der Waals surface area contributed by atoms with Gasteiger partial charge in [-0.1, -0.05) is 23.5 Å². The van der Waals surface area contributed by atoms with E-state index in [0.717, 1.165) is 17.0 Å². The van der Waals surface area contributed by atoms with E-state index in [1.54, 1.807) is 34.2 Å². The third kappa shape index (κ3) is 3.28. The Kier molecular flexibility index (Phi) is 4.57. The van der Waals surface area contributed by atoms with Crippen LogP contribution in [0.5, 0.6) is 0 Å². The molecule has 0 saturated carbocycles. The van der Waals surface area contributed by atoms with Crippen molar-refractivity contribution in [3.8, 4) is 0 Å². The highest BCUT2D eigenvalue weighted by molar-refractivity contribution is 7.07. The largest absolute Gasteiger partial charge is 0.462 e. The molecule has 0 aliphatic rings. The van der Waals surface area contributed by atoms with Crippen LogP contribution >= 0.6 is 11.3 Å². The van der Waals surface area contributed by atoms with Gasteiger partial charge in [-0.05, 0) is 19.1 Å². The van der Waals surface area contributed by atoms with Crippen molar-refractivity contribution in [3.05, 3.63) is 61.7 Å². The van der Waals surface area contributed by atoms with E-state index in [2.05, 4.69) is 4.98 Å². The molecule has 0 bridgehead atoms. The van der Waals surface area contributed by atoms with E-state index in [1.165, 1.54) is 10.9 Å². The highest BCUT2D eigenvalue weighted by Gasteiger charge is 2.09. The van der Waals surface area contributed by atoms with Crippen molar-refractivity contribution < 1.29 is 9.53 Å². The van der Waals surface area contributed by atoms with Gasteiger partial charge < -0.3 is 4.74 Å². The van der Waals surface area contributed by atoms with Gasteiger partial charge in [-0.2, -0.15) is 0 Å². The van der Waals surface area contributed by atoms with Crippen molar-refractivity contribution >= 4 is 28.2 Å². The number of ether oxygens (including phenoxy) is 1. The molecule has 0 fully saturated rings. The van der Waals surface area contributed by atoms with E-state index in [1.807, 2.05) is 6.92 Å². The van der Waals surface area contributed by atoms with Gasteiger partial charge in [0.05, 0.1) is 23.8 Å². The standard InChI is InChI=1S/C16H15N3O4S/c1-11-9-24-16(22)19(11)6-7-23-14(20)8-18-10-17-13-5-3-2-4-12(13)15(18)21/h2-5,9-10H,6-8H2,1H3. The summed E-state index contributed by atoms with van der Waals surface area (Å²) in [4.78, 5) is 39.8. The average Bonchev–Trinajstić information content (AvgIpc) is 2.89. The minimum atomic E-state index is -0.546. The number of hydrogen-bond acceptors (Lipinski definition) is 6. The molecule has 3 aromatic rings. The number of nitrogens with zero attached hydrogens (tertiary/aromatic N) is 3. The Bertz CT molecular complexity index is 1000. The minimum Gasteiger partial charge on any atom is -0.462 e. The molecule has 2 aromatic heterocycles. The van der Waals surface area contributed by atoms with Gasteiger partial charge in [-0.3, -0.25) is 23.5 Å². The highest BCUT2D eigenvalue weighted by atomic mass is 32.1. The molecule has 0 spiro atoms. The Morgan fingerprint density at radius 1 is 1.29 bits per heavy atom. The van der Waals surface area contributed by atoms with Crippen molar-refractivity contribution in [1.82, 2.24) is 14.1 Å². The number of aryl methyl sites for hydroxylation is 1. The molecule has 24 heavy (non-hydrogen) atoms. The quantitative estimate of drug-likeness (QED) is 0.648. The topological polar surface area (TPSA) is 83.2 Å². The molecular weight excluding hydrogens is 330 g/mol. The lowest BCUT2D eigenvalue weighted by Crippen LogP contribution is -2.27. The van der Waals surface area contributed by atoms with Crippen molar-refractivity contribution in [1.29, 1.82) is 0 Å². The monoisotopic (exact) mass is 345 g/mol. The number of benzene rings is 1. The minimum absolute atomic E-state index is 0.0755. The SMILES string of the molecule is Cc1csc(=O)n1CCOC(=O)Cn1cnc2ccccc2c1=O. The van der Waals surface area contributed by atoms with Gasteiger partial charge in [0.25, 0.3) is 5.56 Å². The first-order valence-electron chi connectivity index (χ1n) is 7.31. The van der Waals surface area contributed by atoms with E-state index in [4.69, 9.17) is 4.74 Å². The maximum Gasteiger partial charge on any atom is 0.326 e. The lowest BCUT2D eigenvalue weighted by molar-refractivity contribution is -0.144. The van der Waals surface area contributed by atoms with E-state index in [-0.39, 0.29) is 23.6 Å². The van der Waals surface area contributed by atoms with Crippen LogP contribution in [-0.4, -0.2) is 26.7 Å². The first kappa shape index (κ1) is 16.1. The molecule has 0 aliphatic carbocycles. The summed E-state index contributed by atoms with van der Waals surface area (Å²) >= 11 is 1.11. The van der Waals surface area contributed by atoms with Crippen molar-refractivity contribution in [3.63, 3.8) is 0 Å². The van der Waals surface area contributed by atoms with E-state index in [0.29, 0.717) is 17.4 Å². The fourth-order valence-electron chi connectivity index (χ4n) is 2.33. The fourth-order valence-corrected chi connectivity index (χ4v) is 3.09. The zero-order chi connectivity index (χ0) is 17.1. The van der Waals surface area contributed by atoms with Crippen LogP contribution in [0.4, 0.5) is 0 Å². The van der Waals surface area contributed by atoms with Gasteiger partial charge in [0.1, 0.15) is 13.2 Å². The maximum absolute atomic E-state index is 12.3. The summed E-state index contributed by atoms with van der Waals surface area (Å²) in [7, 11) is 0. The van der Waals surface area contributed by atoms with Gasteiger partial charge in [-0.25, -0.2) is 4.98 Å². The molecule has 0 radical (unpaired) electrons. The smallest absolute Gasteiger partial charge is 0.326 e. The summed E-state index contributed by atoms with van der Waals surface area (Å²) in [6, 6.07) is 6.94. The van der Waals surface area contributed by atoms with Crippen molar-refractivity contribution in [2.75, 3.05) is 6.61 Å². The predicted molar refractivity (Wildman–Crippen MR) is 90.3 cm³/mol. The highest BCUT2D eigenvalue weighted by Crippen LogP contribution is 2.04. The van der Waals surface area contributed by atoms with Gasteiger partial charge in [0, 0.05) is 11.1 Å². The molecule has 0 N–H and O–H groups in total. The first-order chi connectivity index (χ1) is 11.6. The van der Waals surface area contributed by atoms with E-state index in [9.17, 15) is 14.4 Å². The molecule has 2 heterocycles. The van der Waals surface area contributed by atoms with Crippen LogP contribution in [0, 0.1) is 6.92 Å². The van der Waals surface area contributed by atoms with Gasteiger partial charge in [-0.15, -0.1) is 0 Å². The van der Waals surface area contributed by atoms with Crippen LogP contribution in [-0.2, 0) is 22.6 Å². The number of hydrogen-bond donors (Lipinski definition) is 0. The van der Waals surface area contributed by atoms with Crippen molar-refractivity contribution in [2.45, 2.75) is 20.0 Å². The second kappa shape index (κ2) is 6.79. The van der Waals surface area contributed by atoms with E-state index >= 15 is 0 Å². The molecule has 3 rings (SSSR count). The second-order valence-corrected chi connectivity index (χ2v) is 6.03. The van der Waals surface area contributed by atoms with Crippen LogP contribution < -0.4 is 10.4 Å². The van der Waals surface area contributed by atoms with Gasteiger partial charge in [0.2, 0.25) is 0 Å². The number of thiazole rings is 1. The Hall–Kier alpha value is -2.74. The zero-order valence-corrected chi connectivity index (χ0v) is 13.8. The molecule has 0 aliphatic heterocycles. The number of fused-ring (bicyclic) bond motifs is 1. The summed E-state index contributed by atoms with van der Waals surface area (Å²) < 4.78 is 7.87. The molecule has 0 atom stereocenters. The number of rotatable bonds is 5. The van der Waals surface area contributed by atoms with Crippen LogP contribution in [0.25, 0.3) is 10.9 Å². The zero-order valence-electron chi connectivity index (χ0n) is 13.0. The number of carbonyl (C=O) groups is 1. The summed E-state index contributed by atoms with van der Waals surface area (Å²) in [6.07, 6.45) is 1.33. The third-order valence-electron chi connectivity index (χ3n) is 3.59. The summed E-state index contributed by atoms with van der Waals surface area (Å²) in [5.41, 5.74) is 1.12. The Morgan fingerprint density at radius 2 is 2.08 bits per heavy atom. The second-order valence-electron chi connectivity index (χ2n) is 5.21. The Morgan fingerprint density at radius 3 is 2.83 bits per heavy atom. The fraction of sp³-hybridized carbons (Fsp3) is 0.250. The molecular formula is C16H15N3O4S. The molecule has 124 valence electrons. The lowest BCUT2D eigenvalue weighted by atomic mass is 10.2. The Balaban J connectivity index is 1.64. The van der Waals surface area contributed by atoms with Gasteiger partial charge in [0.15, 0.2) is 0 Å². The van der Waals surface area contributed by atoms with E-state index < -0.39 is 5.97 Å². The van der Waals surface area contributed by atoms with Gasteiger partial charge >= 0.3 is 10.8 Å². The molecule has 1 aromatic carbocycles. The number of carbonyl (C=O) groups excluding carboxylic acids is 1. The molecule has 0 amide bonds. The average molecular weight is 345 g/mol. The number of para-hydroxylation sites is 1. The Labute approximate surface area is 140 Å². The molecule has 0 unspecified atom stereocenters. The molecule has 8 heteroatoms. The van der Waals surface area contributed by atoms with Crippen molar-refractivity contribution in [2.24, 2.45) is 0 Å². The molecule has 7 nitrogen and oxygen atoms in total. The summed E-state index contributed by atoms with van der Waals surface area (Å²) in [6.45, 7) is 1.98. The first-order valence-corrected chi connectivity index (χ1v) is 8.19. The summed E-state index contributed by atoms with van der Waals surface area (Å²) in [5.74, 6) is -0.546. The normalized spacial score (nSPS) is 10.9. The molecule has 0 saturated heterocycles. The van der Waals surface area contributed by atoms with Crippen LogP contribution in [0.15, 0.2) is 45.6 Å². The maximum atomic E-state index is 12.3. The lowest BCUT2D eigenvalue weighted by Gasteiger charge is -2.08. The number of aromatic nitrogens is 3.